The van der Waals surface area contributed by atoms with Crippen LogP contribution in [0.4, 0.5) is 0 Å². The number of ether oxygens (including phenoxy) is 1. The Balaban J connectivity index is 1.74. The van der Waals surface area contributed by atoms with Crippen molar-refractivity contribution in [1.29, 1.82) is 0 Å². The van der Waals surface area contributed by atoms with Crippen molar-refractivity contribution >= 4 is 17.5 Å². The molecule has 0 aliphatic carbocycles. The van der Waals surface area contributed by atoms with Gasteiger partial charge in [0.25, 0.3) is 0 Å². The summed E-state index contributed by atoms with van der Waals surface area (Å²) in [4.78, 5) is 13.6. The van der Waals surface area contributed by atoms with Crippen molar-refractivity contribution in [3.63, 3.8) is 0 Å². The van der Waals surface area contributed by atoms with E-state index >= 15 is 0 Å². The van der Waals surface area contributed by atoms with Crippen LogP contribution in [0.3, 0.4) is 0 Å². The molecule has 2 aromatic rings. The summed E-state index contributed by atoms with van der Waals surface area (Å²) >= 11 is 5.85. The fourth-order valence-electron chi connectivity index (χ4n) is 1.73. The molecule has 1 heterocycles. The van der Waals surface area contributed by atoms with Crippen LogP contribution in [0.25, 0.3) is 0 Å². The summed E-state index contributed by atoms with van der Waals surface area (Å²) in [6, 6.07) is 7.12. The third kappa shape index (κ3) is 4.28. The molecule has 106 valence electrons. The van der Waals surface area contributed by atoms with Crippen LogP contribution in [-0.2, 0) is 11.3 Å². The molecular formula is C14H16ClN3O2. The zero-order valence-corrected chi connectivity index (χ0v) is 11.9. The van der Waals surface area contributed by atoms with E-state index in [1.807, 2.05) is 12.1 Å². The SMILES string of the molecule is CN(Cc1cn[nH]c1)C(=O)CCOc1cccc(Cl)c1. The first-order valence-corrected chi connectivity index (χ1v) is 6.63. The number of amides is 1. The second kappa shape index (κ2) is 6.96. The minimum Gasteiger partial charge on any atom is -0.493 e. The molecular weight excluding hydrogens is 278 g/mol. The zero-order chi connectivity index (χ0) is 14.4. The molecule has 6 heteroatoms. The average Bonchev–Trinajstić information content (AvgIpc) is 2.91. The number of aromatic nitrogens is 2. The zero-order valence-electron chi connectivity index (χ0n) is 11.2. The lowest BCUT2D eigenvalue weighted by atomic mass is 10.3. The van der Waals surface area contributed by atoms with Gasteiger partial charge in [-0.25, -0.2) is 0 Å². The van der Waals surface area contributed by atoms with E-state index in [4.69, 9.17) is 16.3 Å². The molecule has 1 N–H and O–H groups in total. The number of carbonyl (C=O) groups excluding carboxylic acids is 1. The molecule has 1 aromatic heterocycles. The van der Waals surface area contributed by atoms with Crippen LogP contribution >= 0.6 is 11.6 Å². The monoisotopic (exact) mass is 293 g/mol. The summed E-state index contributed by atoms with van der Waals surface area (Å²) in [5.74, 6) is 0.691. The van der Waals surface area contributed by atoms with Gasteiger partial charge in [0.15, 0.2) is 0 Å². The summed E-state index contributed by atoms with van der Waals surface area (Å²) in [5, 5.41) is 7.18. The van der Waals surface area contributed by atoms with E-state index < -0.39 is 0 Å². The van der Waals surface area contributed by atoms with Gasteiger partial charge in [-0.3, -0.25) is 9.89 Å². The lowest BCUT2D eigenvalue weighted by Gasteiger charge is -2.16. The highest BCUT2D eigenvalue weighted by molar-refractivity contribution is 6.30. The van der Waals surface area contributed by atoms with E-state index in [0.717, 1.165) is 5.56 Å². The van der Waals surface area contributed by atoms with Crippen molar-refractivity contribution in [2.75, 3.05) is 13.7 Å². The molecule has 0 saturated carbocycles. The molecule has 0 spiro atoms. The minimum atomic E-state index is 0.0215. The van der Waals surface area contributed by atoms with Crippen LogP contribution in [0.15, 0.2) is 36.7 Å². The third-order valence-corrected chi connectivity index (χ3v) is 3.02. The topological polar surface area (TPSA) is 58.2 Å². The Morgan fingerprint density at radius 1 is 1.50 bits per heavy atom. The van der Waals surface area contributed by atoms with Gasteiger partial charge in [0.1, 0.15) is 5.75 Å². The van der Waals surface area contributed by atoms with Crippen molar-refractivity contribution < 1.29 is 9.53 Å². The molecule has 0 radical (unpaired) electrons. The first kappa shape index (κ1) is 14.4. The molecule has 0 aliphatic heterocycles. The molecule has 5 nitrogen and oxygen atoms in total. The largest absolute Gasteiger partial charge is 0.493 e. The third-order valence-electron chi connectivity index (χ3n) is 2.78. The molecule has 1 amide bonds. The molecule has 0 unspecified atom stereocenters. The van der Waals surface area contributed by atoms with Crippen LogP contribution < -0.4 is 4.74 Å². The van der Waals surface area contributed by atoms with Gasteiger partial charge >= 0.3 is 0 Å². The summed E-state index contributed by atoms with van der Waals surface area (Å²) < 4.78 is 5.49. The van der Waals surface area contributed by atoms with Crippen LogP contribution in [0, 0.1) is 0 Å². The van der Waals surface area contributed by atoms with Gasteiger partial charge in [0.2, 0.25) is 5.91 Å². The predicted octanol–water partition coefficient (Wildman–Crippen LogP) is 2.49. The van der Waals surface area contributed by atoms with Gasteiger partial charge in [-0.1, -0.05) is 17.7 Å². The van der Waals surface area contributed by atoms with Crippen molar-refractivity contribution in [3.05, 3.63) is 47.2 Å². The summed E-state index contributed by atoms with van der Waals surface area (Å²) in [7, 11) is 1.76. The number of hydrogen-bond acceptors (Lipinski definition) is 3. The van der Waals surface area contributed by atoms with Gasteiger partial charge in [0, 0.05) is 30.4 Å². The van der Waals surface area contributed by atoms with Crippen molar-refractivity contribution in [2.24, 2.45) is 0 Å². The fraction of sp³-hybridized carbons (Fsp3) is 0.286. The molecule has 1 aromatic carbocycles. The van der Waals surface area contributed by atoms with E-state index in [9.17, 15) is 4.79 Å². The Hall–Kier alpha value is -2.01. The van der Waals surface area contributed by atoms with Crippen molar-refractivity contribution in [1.82, 2.24) is 15.1 Å². The number of halogens is 1. The Morgan fingerprint density at radius 2 is 2.35 bits per heavy atom. The van der Waals surface area contributed by atoms with Crippen LogP contribution in [0.1, 0.15) is 12.0 Å². The van der Waals surface area contributed by atoms with Gasteiger partial charge in [-0.2, -0.15) is 5.10 Å². The standard InChI is InChI=1S/C14H16ClN3O2/c1-18(10-11-8-16-17-9-11)14(19)5-6-20-13-4-2-3-12(15)7-13/h2-4,7-9H,5-6,10H2,1H3,(H,16,17). The van der Waals surface area contributed by atoms with Gasteiger partial charge in [-0.15, -0.1) is 0 Å². The van der Waals surface area contributed by atoms with Gasteiger partial charge in [-0.05, 0) is 18.2 Å². The first-order valence-electron chi connectivity index (χ1n) is 6.25. The summed E-state index contributed by atoms with van der Waals surface area (Å²) in [5.41, 5.74) is 0.969. The predicted molar refractivity (Wildman–Crippen MR) is 76.6 cm³/mol. The fourth-order valence-corrected chi connectivity index (χ4v) is 1.91. The number of hydrogen-bond donors (Lipinski definition) is 1. The lowest BCUT2D eigenvalue weighted by molar-refractivity contribution is -0.130. The minimum absolute atomic E-state index is 0.0215. The number of rotatable bonds is 6. The van der Waals surface area contributed by atoms with E-state index in [2.05, 4.69) is 10.2 Å². The highest BCUT2D eigenvalue weighted by Crippen LogP contribution is 2.17. The number of aromatic amines is 1. The maximum absolute atomic E-state index is 11.9. The maximum Gasteiger partial charge on any atom is 0.226 e. The van der Waals surface area contributed by atoms with E-state index in [0.29, 0.717) is 30.3 Å². The Bertz CT molecular complexity index is 557. The second-order valence-corrected chi connectivity index (χ2v) is 4.85. The summed E-state index contributed by atoms with van der Waals surface area (Å²) in [6.07, 6.45) is 3.79. The molecule has 0 bridgehead atoms. The quantitative estimate of drug-likeness (QED) is 0.890. The normalized spacial score (nSPS) is 10.3. The Kier molecular flexibility index (Phi) is 5.01. The van der Waals surface area contributed by atoms with E-state index in [1.165, 1.54) is 0 Å². The lowest BCUT2D eigenvalue weighted by Crippen LogP contribution is -2.27. The molecule has 2 rings (SSSR count). The average molecular weight is 294 g/mol. The van der Waals surface area contributed by atoms with Gasteiger partial charge < -0.3 is 9.64 Å². The van der Waals surface area contributed by atoms with Crippen molar-refractivity contribution in [2.45, 2.75) is 13.0 Å². The van der Waals surface area contributed by atoms with Crippen LogP contribution in [0.5, 0.6) is 5.75 Å². The molecule has 0 atom stereocenters. The summed E-state index contributed by atoms with van der Waals surface area (Å²) in [6.45, 7) is 0.863. The number of nitrogens with one attached hydrogen (secondary N) is 1. The number of H-pyrrole nitrogens is 1. The Morgan fingerprint density at radius 3 is 3.05 bits per heavy atom. The molecule has 0 fully saturated rings. The smallest absolute Gasteiger partial charge is 0.226 e. The molecule has 0 aliphatic rings. The first-order chi connectivity index (χ1) is 9.65. The van der Waals surface area contributed by atoms with Crippen molar-refractivity contribution in [3.8, 4) is 5.75 Å². The number of benzene rings is 1. The van der Waals surface area contributed by atoms with Gasteiger partial charge in [0.05, 0.1) is 19.2 Å². The highest BCUT2D eigenvalue weighted by atomic mass is 35.5. The Labute approximate surface area is 122 Å². The maximum atomic E-state index is 11.9. The van der Waals surface area contributed by atoms with Crippen LogP contribution in [0.2, 0.25) is 5.02 Å². The van der Waals surface area contributed by atoms with E-state index in [-0.39, 0.29) is 5.91 Å². The number of carbonyl (C=O) groups is 1. The van der Waals surface area contributed by atoms with Crippen LogP contribution in [-0.4, -0.2) is 34.7 Å². The highest BCUT2D eigenvalue weighted by Gasteiger charge is 2.10. The second-order valence-electron chi connectivity index (χ2n) is 4.41. The number of nitrogens with zero attached hydrogens (tertiary/aromatic N) is 2. The van der Waals surface area contributed by atoms with E-state index in [1.54, 1.807) is 36.5 Å². The molecule has 0 saturated heterocycles. The molecule has 20 heavy (non-hydrogen) atoms.